The van der Waals surface area contributed by atoms with Crippen LogP contribution in [0.3, 0.4) is 0 Å². The molecule has 10 heteroatoms. The monoisotopic (exact) mass is 291 g/mol. The number of aliphatic hydroxyl groups excluding tert-OH is 3. The molecule has 0 saturated carbocycles. The van der Waals surface area contributed by atoms with Gasteiger partial charge in [0, 0.05) is 18.4 Å². The first-order valence-corrected chi connectivity index (χ1v) is 5.78. The van der Waals surface area contributed by atoms with Crippen molar-refractivity contribution in [3.05, 3.63) is 10.4 Å². The van der Waals surface area contributed by atoms with Crippen LogP contribution in [-0.2, 0) is 19.0 Å². The third kappa shape index (κ3) is 3.18. The summed E-state index contributed by atoms with van der Waals surface area (Å²) in [6.07, 6.45) is -5.80. The summed E-state index contributed by atoms with van der Waals surface area (Å²) < 4.78 is 14.7. The van der Waals surface area contributed by atoms with E-state index in [0.29, 0.717) is 0 Å². The maximum absolute atomic E-state index is 11.6. The van der Waals surface area contributed by atoms with Crippen LogP contribution in [0, 0.1) is 0 Å². The normalized spacial score (nSPS) is 32.2. The molecule has 0 aromatic rings. The van der Waals surface area contributed by atoms with Crippen molar-refractivity contribution in [1.82, 2.24) is 0 Å². The van der Waals surface area contributed by atoms with E-state index < -0.39 is 42.7 Å². The maximum atomic E-state index is 11.6. The molecule has 1 aliphatic heterocycles. The summed E-state index contributed by atoms with van der Waals surface area (Å²) in [5, 5.41) is 32.4. The fourth-order valence-electron chi connectivity index (χ4n) is 1.98. The molecule has 0 aromatic heterocycles. The molecule has 1 rings (SSSR count). The number of esters is 1. The quantitative estimate of drug-likeness (QED) is 0.237. The average Bonchev–Trinajstić information content (AvgIpc) is 2.81. The van der Waals surface area contributed by atoms with Gasteiger partial charge in [0.15, 0.2) is 0 Å². The number of methoxy groups -OCH3 is 2. The molecule has 1 aliphatic rings. The Bertz CT molecular complexity index is 400. The second-order valence-corrected chi connectivity index (χ2v) is 4.27. The molecule has 20 heavy (non-hydrogen) atoms. The summed E-state index contributed by atoms with van der Waals surface area (Å²) in [6.45, 7) is -0.400. The fraction of sp³-hybridized carbons (Fsp3) is 0.900. The van der Waals surface area contributed by atoms with Crippen molar-refractivity contribution in [2.24, 2.45) is 5.11 Å². The highest BCUT2D eigenvalue weighted by Crippen LogP contribution is 2.34. The van der Waals surface area contributed by atoms with Gasteiger partial charge < -0.3 is 29.5 Å². The molecule has 0 aliphatic carbocycles. The van der Waals surface area contributed by atoms with Crippen molar-refractivity contribution >= 4 is 5.97 Å². The minimum Gasteiger partial charge on any atom is -0.465 e. The van der Waals surface area contributed by atoms with Gasteiger partial charge in [-0.15, -0.1) is 0 Å². The third-order valence-electron chi connectivity index (χ3n) is 3.07. The minimum absolute atomic E-state index is 0.258. The zero-order chi connectivity index (χ0) is 15.3. The summed E-state index contributed by atoms with van der Waals surface area (Å²) >= 11 is 0. The molecule has 1 saturated heterocycles. The molecular formula is C10H17N3O7. The molecule has 0 amide bonds. The van der Waals surface area contributed by atoms with Crippen LogP contribution in [0.25, 0.3) is 10.4 Å². The first-order valence-electron chi connectivity index (χ1n) is 5.78. The van der Waals surface area contributed by atoms with E-state index in [2.05, 4.69) is 14.8 Å². The van der Waals surface area contributed by atoms with Crippen LogP contribution in [0.1, 0.15) is 6.42 Å². The Kier molecular flexibility index (Phi) is 5.69. The Balaban J connectivity index is 2.82. The summed E-state index contributed by atoms with van der Waals surface area (Å²) in [6, 6.07) is 0. The predicted molar refractivity (Wildman–Crippen MR) is 63.3 cm³/mol. The van der Waals surface area contributed by atoms with Gasteiger partial charge in [0.1, 0.15) is 12.2 Å². The summed E-state index contributed by atoms with van der Waals surface area (Å²) in [5.41, 5.74) is 8.14. The SMILES string of the molecule is COC(=O)C1(OC)C[C@@H](O)[C@H]([C@H](O)[C@H](O)CN=[N+]=[N-])O1. The van der Waals surface area contributed by atoms with Gasteiger partial charge in [-0.05, 0) is 5.53 Å². The van der Waals surface area contributed by atoms with E-state index in [9.17, 15) is 20.1 Å². The molecule has 3 N–H and O–H groups in total. The molecule has 114 valence electrons. The minimum atomic E-state index is -1.84. The molecule has 10 nitrogen and oxygen atoms in total. The lowest BCUT2D eigenvalue weighted by atomic mass is 10.0. The number of carbonyl (C=O) groups excluding carboxylic acids is 1. The van der Waals surface area contributed by atoms with Gasteiger partial charge in [-0.25, -0.2) is 4.79 Å². The van der Waals surface area contributed by atoms with Crippen LogP contribution in [0.5, 0.6) is 0 Å². The Morgan fingerprint density at radius 1 is 1.60 bits per heavy atom. The van der Waals surface area contributed by atoms with Crippen LogP contribution in [0.2, 0.25) is 0 Å². The van der Waals surface area contributed by atoms with Crippen molar-refractivity contribution in [1.29, 1.82) is 0 Å². The van der Waals surface area contributed by atoms with Crippen molar-refractivity contribution in [2.75, 3.05) is 20.8 Å². The molecule has 1 heterocycles. The molecule has 1 unspecified atom stereocenters. The van der Waals surface area contributed by atoms with E-state index in [1.165, 1.54) is 7.11 Å². The summed E-state index contributed by atoms with van der Waals surface area (Å²) in [7, 11) is 2.31. The zero-order valence-electron chi connectivity index (χ0n) is 11.0. The van der Waals surface area contributed by atoms with Gasteiger partial charge in [-0.1, -0.05) is 5.11 Å². The smallest absolute Gasteiger partial charge is 0.366 e. The largest absolute Gasteiger partial charge is 0.465 e. The highest BCUT2D eigenvalue weighted by Gasteiger charge is 2.55. The van der Waals surface area contributed by atoms with Crippen LogP contribution in [0.15, 0.2) is 5.11 Å². The fourth-order valence-corrected chi connectivity index (χ4v) is 1.98. The van der Waals surface area contributed by atoms with Crippen molar-refractivity contribution in [2.45, 2.75) is 36.6 Å². The van der Waals surface area contributed by atoms with Crippen LogP contribution in [-0.4, -0.2) is 72.3 Å². The van der Waals surface area contributed by atoms with E-state index in [0.717, 1.165) is 7.11 Å². The first-order chi connectivity index (χ1) is 9.41. The maximum Gasteiger partial charge on any atom is 0.366 e. The predicted octanol–water partition coefficient (Wildman–Crippen LogP) is -1.32. The second-order valence-electron chi connectivity index (χ2n) is 4.27. The van der Waals surface area contributed by atoms with E-state index in [4.69, 9.17) is 15.0 Å². The molecule has 1 fully saturated rings. The number of nitrogens with zero attached hydrogens (tertiary/aromatic N) is 3. The van der Waals surface area contributed by atoms with Crippen molar-refractivity contribution < 1.29 is 34.3 Å². The van der Waals surface area contributed by atoms with Crippen LogP contribution in [0.4, 0.5) is 0 Å². The van der Waals surface area contributed by atoms with Gasteiger partial charge >= 0.3 is 5.97 Å². The lowest BCUT2D eigenvalue weighted by molar-refractivity contribution is -0.242. The molecule has 0 radical (unpaired) electrons. The van der Waals surface area contributed by atoms with Crippen LogP contribution >= 0.6 is 0 Å². The highest BCUT2D eigenvalue weighted by atomic mass is 16.7. The third-order valence-corrected chi connectivity index (χ3v) is 3.07. The van der Waals surface area contributed by atoms with E-state index >= 15 is 0 Å². The van der Waals surface area contributed by atoms with E-state index in [1.54, 1.807) is 0 Å². The zero-order valence-corrected chi connectivity index (χ0v) is 11.0. The molecule has 0 spiro atoms. The Labute approximate surface area is 114 Å². The number of ether oxygens (including phenoxy) is 3. The summed E-state index contributed by atoms with van der Waals surface area (Å²) in [5.74, 6) is -2.70. The van der Waals surface area contributed by atoms with Gasteiger partial charge in [0.25, 0.3) is 5.79 Å². The van der Waals surface area contributed by atoms with Crippen molar-refractivity contribution in [3.63, 3.8) is 0 Å². The first kappa shape index (κ1) is 16.6. The molecule has 0 bridgehead atoms. The number of aliphatic hydroxyl groups is 3. The number of hydrogen-bond acceptors (Lipinski definition) is 8. The highest BCUT2D eigenvalue weighted by molar-refractivity contribution is 5.78. The molecule has 5 atom stereocenters. The van der Waals surface area contributed by atoms with Gasteiger partial charge in [-0.2, -0.15) is 0 Å². The van der Waals surface area contributed by atoms with Crippen molar-refractivity contribution in [3.8, 4) is 0 Å². The van der Waals surface area contributed by atoms with E-state index in [-0.39, 0.29) is 6.42 Å². The Morgan fingerprint density at radius 2 is 2.25 bits per heavy atom. The molecular weight excluding hydrogens is 274 g/mol. The number of hydrogen-bond donors (Lipinski definition) is 3. The van der Waals surface area contributed by atoms with Gasteiger partial charge in [0.05, 0.1) is 25.9 Å². The Morgan fingerprint density at radius 3 is 2.75 bits per heavy atom. The topological polar surface area (TPSA) is 154 Å². The average molecular weight is 291 g/mol. The lowest BCUT2D eigenvalue weighted by Crippen LogP contribution is -2.46. The second kappa shape index (κ2) is 6.84. The van der Waals surface area contributed by atoms with Gasteiger partial charge in [0.2, 0.25) is 0 Å². The standard InChI is InChI=1S/C10H17N3O7/c1-18-9(17)10(19-2)3-5(14)8(20-10)7(16)6(15)4-12-13-11/h5-8,14-16H,3-4H2,1-2H3/t5-,6-,7-,8-,10?/m1/s1. The lowest BCUT2D eigenvalue weighted by Gasteiger charge is -2.27. The van der Waals surface area contributed by atoms with Crippen LogP contribution < -0.4 is 0 Å². The summed E-state index contributed by atoms with van der Waals surface area (Å²) in [4.78, 5) is 14.1. The Hall–Kier alpha value is -1.42. The molecule has 0 aromatic carbocycles. The number of azide groups is 1. The number of carbonyl (C=O) groups is 1. The van der Waals surface area contributed by atoms with Gasteiger partial charge in [-0.3, -0.25) is 0 Å². The number of rotatable bonds is 6. The van der Waals surface area contributed by atoms with E-state index in [1.807, 2.05) is 0 Å².